The summed E-state index contributed by atoms with van der Waals surface area (Å²) in [6.45, 7) is 4.34. The van der Waals surface area contributed by atoms with E-state index in [1.54, 1.807) is 6.92 Å². The minimum absolute atomic E-state index is 0.148. The molecular weight excluding hydrogens is 174 g/mol. The second-order valence-corrected chi connectivity index (χ2v) is 2.32. The van der Waals surface area contributed by atoms with Gasteiger partial charge < -0.3 is 14.8 Å². The molecule has 0 saturated carbocycles. The van der Waals surface area contributed by atoms with Crippen LogP contribution in [-0.4, -0.2) is 38.2 Å². The highest BCUT2D eigenvalue weighted by molar-refractivity contribution is 5.71. The van der Waals surface area contributed by atoms with Crippen LogP contribution in [0.1, 0.15) is 13.8 Å². The first-order valence-electron chi connectivity index (χ1n) is 4.16. The number of carbonyl (C=O) groups is 2. The lowest BCUT2D eigenvalue weighted by Crippen LogP contribution is -2.28. The maximum absolute atomic E-state index is 10.7. The molecule has 0 saturated heterocycles. The monoisotopic (exact) mass is 189 g/mol. The van der Waals surface area contributed by atoms with Gasteiger partial charge in [0, 0.05) is 13.5 Å². The summed E-state index contributed by atoms with van der Waals surface area (Å²) in [4.78, 5) is 21.0. The number of rotatable bonds is 6. The van der Waals surface area contributed by atoms with E-state index >= 15 is 0 Å². The molecule has 0 aliphatic heterocycles. The second-order valence-electron chi connectivity index (χ2n) is 2.32. The van der Waals surface area contributed by atoms with Gasteiger partial charge in [0.25, 0.3) is 0 Å². The number of ether oxygens (including phenoxy) is 2. The van der Waals surface area contributed by atoms with Gasteiger partial charge in [-0.1, -0.05) is 0 Å². The van der Waals surface area contributed by atoms with Crippen molar-refractivity contribution in [2.45, 2.75) is 13.8 Å². The Bertz CT molecular complexity index is 170. The minimum atomic E-state index is -0.321. The van der Waals surface area contributed by atoms with Gasteiger partial charge in [-0.3, -0.25) is 9.59 Å². The summed E-state index contributed by atoms with van der Waals surface area (Å²) < 4.78 is 9.29. The van der Waals surface area contributed by atoms with Gasteiger partial charge in [0.05, 0.1) is 13.2 Å². The average molecular weight is 189 g/mol. The molecule has 5 heteroatoms. The molecule has 13 heavy (non-hydrogen) atoms. The van der Waals surface area contributed by atoms with E-state index in [4.69, 9.17) is 0 Å². The molecule has 1 N–H and O–H groups in total. The summed E-state index contributed by atoms with van der Waals surface area (Å²) in [5.74, 6) is -0.622. The smallest absolute Gasteiger partial charge is 0.319 e. The molecule has 0 unspecified atom stereocenters. The van der Waals surface area contributed by atoms with Gasteiger partial charge in [-0.05, 0) is 6.92 Å². The summed E-state index contributed by atoms with van der Waals surface area (Å²) in [7, 11) is 0. The van der Waals surface area contributed by atoms with Crippen LogP contribution in [-0.2, 0) is 19.1 Å². The van der Waals surface area contributed by atoms with Crippen molar-refractivity contribution < 1.29 is 19.1 Å². The molecule has 76 valence electrons. The summed E-state index contributed by atoms with van der Waals surface area (Å²) in [5.41, 5.74) is 0. The largest absolute Gasteiger partial charge is 0.465 e. The fourth-order valence-electron chi connectivity index (χ4n) is 0.669. The molecule has 0 aliphatic carbocycles. The van der Waals surface area contributed by atoms with Crippen LogP contribution in [0.5, 0.6) is 0 Å². The molecule has 5 nitrogen and oxygen atoms in total. The van der Waals surface area contributed by atoms with Crippen LogP contribution in [0, 0.1) is 0 Å². The molecule has 0 fully saturated rings. The third-order valence-corrected chi connectivity index (χ3v) is 1.16. The van der Waals surface area contributed by atoms with E-state index in [0.29, 0.717) is 13.2 Å². The molecule has 0 amide bonds. The predicted octanol–water partition coefficient (Wildman–Crippen LogP) is -0.298. The topological polar surface area (TPSA) is 64.6 Å². The van der Waals surface area contributed by atoms with Crippen LogP contribution in [0.2, 0.25) is 0 Å². The average Bonchev–Trinajstić information content (AvgIpc) is 2.03. The molecule has 0 aromatic rings. The van der Waals surface area contributed by atoms with Crippen LogP contribution in [0.3, 0.4) is 0 Å². The zero-order valence-electron chi connectivity index (χ0n) is 7.96. The number of carbonyl (C=O) groups excluding carboxylic acids is 2. The number of nitrogens with one attached hydrogen (secondary N) is 1. The van der Waals surface area contributed by atoms with Gasteiger partial charge >= 0.3 is 11.9 Å². The lowest BCUT2D eigenvalue weighted by Gasteiger charge is -2.04. The van der Waals surface area contributed by atoms with Gasteiger partial charge in [-0.25, -0.2) is 0 Å². The minimum Gasteiger partial charge on any atom is -0.465 e. The van der Waals surface area contributed by atoms with Crippen LogP contribution in [0.4, 0.5) is 0 Å². The van der Waals surface area contributed by atoms with Gasteiger partial charge in [-0.2, -0.15) is 0 Å². The van der Waals surface area contributed by atoms with Crippen molar-refractivity contribution in [2.24, 2.45) is 0 Å². The van der Waals surface area contributed by atoms with E-state index in [1.807, 2.05) is 0 Å². The summed E-state index contributed by atoms with van der Waals surface area (Å²) >= 11 is 0. The van der Waals surface area contributed by atoms with Crippen molar-refractivity contribution in [3.05, 3.63) is 0 Å². The quantitative estimate of drug-likeness (QED) is 0.459. The molecule has 0 aliphatic rings. The summed E-state index contributed by atoms with van der Waals surface area (Å²) in [6.07, 6.45) is 0. The Labute approximate surface area is 77.4 Å². The maximum Gasteiger partial charge on any atom is 0.319 e. The molecule has 0 bridgehead atoms. The van der Waals surface area contributed by atoms with Crippen molar-refractivity contribution in [2.75, 3.05) is 26.3 Å². The van der Waals surface area contributed by atoms with E-state index in [-0.39, 0.29) is 25.1 Å². The van der Waals surface area contributed by atoms with E-state index in [2.05, 4.69) is 14.8 Å². The first-order chi connectivity index (χ1) is 6.16. The van der Waals surface area contributed by atoms with Gasteiger partial charge in [-0.15, -0.1) is 0 Å². The second kappa shape index (κ2) is 7.54. The number of esters is 2. The van der Waals surface area contributed by atoms with Gasteiger partial charge in [0.1, 0.15) is 6.61 Å². The van der Waals surface area contributed by atoms with E-state index in [0.717, 1.165) is 0 Å². The standard InChI is InChI=1S/C8H15NO4/c1-3-12-8(11)6-9-4-5-13-7(2)10/h9H,3-6H2,1-2H3. The third kappa shape index (κ3) is 8.81. The molecule has 0 aromatic carbocycles. The van der Waals surface area contributed by atoms with E-state index in [1.165, 1.54) is 6.92 Å². The first kappa shape index (κ1) is 11.9. The van der Waals surface area contributed by atoms with Crippen LogP contribution in [0.25, 0.3) is 0 Å². The lowest BCUT2D eigenvalue weighted by atomic mass is 10.6. The normalized spacial score (nSPS) is 9.38. The Balaban J connectivity index is 3.16. The Morgan fingerprint density at radius 1 is 1.31 bits per heavy atom. The third-order valence-electron chi connectivity index (χ3n) is 1.16. The highest BCUT2D eigenvalue weighted by atomic mass is 16.5. The summed E-state index contributed by atoms with van der Waals surface area (Å²) in [5, 5.41) is 2.77. The number of hydrogen-bond acceptors (Lipinski definition) is 5. The van der Waals surface area contributed by atoms with Gasteiger partial charge in [0.2, 0.25) is 0 Å². The maximum atomic E-state index is 10.7. The molecule has 0 spiro atoms. The SMILES string of the molecule is CCOC(=O)CNCCOC(C)=O. The van der Waals surface area contributed by atoms with Crippen LogP contribution >= 0.6 is 0 Å². The van der Waals surface area contributed by atoms with Crippen molar-refractivity contribution in [3.63, 3.8) is 0 Å². The lowest BCUT2D eigenvalue weighted by molar-refractivity contribution is -0.142. The number of hydrogen-bond donors (Lipinski definition) is 1. The van der Waals surface area contributed by atoms with Crippen molar-refractivity contribution in [3.8, 4) is 0 Å². The zero-order valence-corrected chi connectivity index (χ0v) is 7.96. The molecule has 0 heterocycles. The van der Waals surface area contributed by atoms with Crippen molar-refractivity contribution in [1.29, 1.82) is 0 Å². The Hall–Kier alpha value is -1.10. The Morgan fingerprint density at radius 2 is 2.00 bits per heavy atom. The molecule has 0 atom stereocenters. The van der Waals surface area contributed by atoms with Gasteiger partial charge in [0.15, 0.2) is 0 Å². The van der Waals surface area contributed by atoms with E-state index in [9.17, 15) is 9.59 Å². The first-order valence-corrected chi connectivity index (χ1v) is 4.16. The summed E-state index contributed by atoms with van der Waals surface area (Å²) in [6, 6.07) is 0. The molecule has 0 radical (unpaired) electrons. The van der Waals surface area contributed by atoms with Crippen molar-refractivity contribution >= 4 is 11.9 Å². The Morgan fingerprint density at radius 3 is 2.54 bits per heavy atom. The fraction of sp³-hybridized carbons (Fsp3) is 0.750. The molecular formula is C8H15NO4. The highest BCUT2D eigenvalue weighted by Gasteiger charge is 1.99. The molecule has 0 aromatic heterocycles. The zero-order chi connectivity index (χ0) is 10.1. The predicted molar refractivity (Wildman–Crippen MR) is 46.1 cm³/mol. The fourth-order valence-corrected chi connectivity index (χ4v) is 0.669. The Kier molecular flexibility index (Phi) is 6.91. The highest BCUT2D eigenvalue weighted by Crippen LogP contribution is 1.76. The molecule has 0 rings (SSSR count). The van der Waals surface area contributed by atoms with Crippen LogP contribution in [0.15, 0.2) is 0 Å². The van der Waals surface area contributed by atoms with Crippen molar-refractivity contribution in [1.82, 2.24) is 5.32 Å². The van der Waals surface area contributed by atoms with Crippen LogP contribution < -0.4 is 5.32 Å². The van der Waals surface area contributed by atoms with E-state index < -0.39 is 0 Å².